The van der Waals surface area contributed by atoms with Crippen molar-refractivity contribution >= 4 is 17.5 Å². The van der Waals surface area contributed by atoms with Gasteiger partial charge in [0, 0.05) is 6.54 Å². The van der Waals surface area contributed by atoms with Crippen LogP contribution in [-0.4, -0.2) is 36.4 Å². The van der Waals surface area contributed by atoms with Gasteiger partial charge in [-0.3, -0.25) is 9.59 Å². The van der Waals surface area contributed by atoms with Crippen LogP contribution in [-0.2, 0) is 15.8 Å². The number of benzene rings is 2. The molecule has 0 atom stereocenters. The van der Waals surface area contributed by atoms with Crippen molar-refractivity contribution in [1.29, 1.82) is 5.26 Å². The molecule has 6 nitrogen and oxygen atoms in total. The third-order valence-corrected chi connectivity index (χ3v) is 3.93. The molecule has 0 aliphatic carbocycles. The number of hydrogen-bond acceptors (Lipinski definition) is 4. The van der Waals surface area contributed by atoms with Crippen molar-refractivity contribution in [3.8, 4) is 11.8 Å². The highest BCUT2D eigenvalue weighted by Crippen LogP contribution is 2.34. The van der Waals surface area contributed by atoms with E-state index in [1.807, 2.05) is 6.07 Å². The Morgan fingerprint density at radius 3 is 2.45 bits per heavy atom. The zero-order valence-electron chi connectivity index (χ0n) is 15.5. The van der Waals surface area contributed by atoms with Gasteiger partial charge in [-0.15, -0.1) is 0 Å². The van der Waals surface area contributed by atoms with Crippen LogP contribution in [0.2, 0.25) is 0 Å². The van der Waals surface area contributed by atoms with Crippen molar-refractivity contribution in [2.75, 3.05) is 25.0 Å². The summed E-state index contributed by atoms with van der Waals surface area (Å²) in [4.78, 5) is 25.6. The Bertz CT molecular complexity index is 923. The Morgan fingerprint density at radius 1 is 1.14 bits per heavy atom. The number of alkyl halides is 3. The zero-order chi connectivity index (χ0) is 21.4. The second-order valence-corrected chi connectivity index (χ2v) is 5.90. The average molecular weight is 405 g/mol. The largest absolute Gasteiger partial charge is 0.482 e. The number of rotatable bonds is 7. The highest BCUT2D eigenvalue weighted by Gasteiger charge is 2.33. The quantitative estimate of drug-likeness (QED) is 0.765. The molecule has 152 valence electrons. The van der Waals surface area contributed by atoms with E-state index >= 15 is 0 Å². The molecule has 2 aromatic rings. The first kappa shape index (κ1) is 21.8. The minimum absolute atomic E-state index is 0.149. The number of carbonyl (C=O) groups excluding carboxylic acids is 2. The number of carbonyl (C=O) groups is 2. The highest BCUT2D eigenvalue weighted by molar-refractivity contribution is 5.95. The number of para-hydroxylation sites is 2. The van der Waals surface area contributed by atoms with E-state index in [1.54, 1.807) is 19.1 Å². The van der Waals surface area contributed by atoms with Gasteiger partial charge in [0.1, 0.15) is 11.8 Å². The van der Waals surface area contributed by atoms with Crippen LogP contribution in [0.3, 0.4) is 0 Å². The first-order chi connectivity index (χ1) is 13.8. The van der Waals surface area contributed by atoms with E-state index < -0.39 is 36.7 Å². The lowest BCUT2D eigenvalue weighted by molar-refractivity contribution is -0.137. The van der Waals surface area contributed by atoms with Crippen LogP contribution in [0.4, 0.5) is 18.9 Å². The summed E-state index contributed by atoms with van der Waals surface area (Å²) in [7, 11) is 0. The van der Waals surface area contributed by atoms with Gasteiger partial charge in [0.25, 0.3) is 5.91 Å². The average Bonchev–Trinajstić information content (AvgIpc) is 2.70. The van der Waals surface area contributed by atoms with Crippen molar-refractivity contribution in [3.63, 3.8) is 0 Å². The van der Waals surface area contributed by atoms with Crippen LogP contribution in [0.25, 0.3) is 0 Å². The fraction of sp³-hybridized carbons (Fsp3) is 0.250. The molecule has 0 aliphatic rings. The minimum atomic E-state index is -4.62. The maximum atomic E-state index is 13.0. The van der Waals surface area contributed by atoms with Gasteiger partial charge in [-0.2, -0.15) is 18.4 Å². The number of nitriles is 1. The van der Waals surface area contributed by atoms with Gasteiger partial charge >= 0.3 is 6.18 Å². The molecule has 0 saturated carbocycles. The van der Waals surface area contributed by atoms with Gasteiger partial charge in [-0.1, -0.05) is 24.3 Å². The molecule has 9 heteroatoms. The fourth-order valence-corrected chi connectivity index (χ4v) is 2.49. The van der Waals surface area contributed by atoms with E-state index in [-0.39, 0.29) is 23.5 Å². The van der Waals surface area contributed by atoms with Crippen LogP contribution >= 0.6 is 0 Å². The third kappa shape index (κ3) is 5.97. The van der Waals surface area contributed by atoms with E-state index in [2.05, 4.69) is 5.32 Å². The lowest BCUT2D eigenvalue weighted by Crippen LogP contribution is -2.40. The van der Waals surface area contributed by atoms with Crippen molar-refractivity contribution in [2.45, 2.75) is 13.1 Å². The normalized spacial score (nSPS) is 10.7. The van der Waals surface area contributed by atoms with Gasteiger partial charge in [0.05, 0.1) is 23.4 Å². The number of ether oxygens (including phenoxy) is 1. The predicted octanol–water partition coefficient (Wildman–Crippen LogP) is 3.44. The van der Waals surface area contributed by atoms with E-state index in [4.69, 9.17) is 10.00 Å². The monoisotopic (exact) mass is 405 g/mol. The number of anilines is 1. The smallest absolute Gasteiger partial charge is 0.418 e. The van der Waals surface area contributed by atoms with Crippen LogP contribution in [0.15, 0.2) is 48.5 Å². The molecule has 0 aromatic heterocycles. The molecule has 0 fully saturated rings. The SMILES string of the molecule is CCN(CC(=O)Nc1ccccc1C(F)(F)F)C(=O)COc1ccccc1C#N. The molecule has 0 radical (unpaired) electrons. The summed E-state index contributed by atoms with van der Waals surface area (Å²) < 4.78 is 44.4. The van der Waals surface area contributed by atoms with Crippen LogP contribution in [0.5, 0.6) is 5.75 Å². The molecule has 0 heterocycles. The fourth-order valence-electron chi connectivity index (χ4n) is 2.49. The Balaban J connectivity index is 2.00. The van der Waals surface area contributed by atoms with E-state index in [0.717, 1.165) is 17.0 Å². The summed E-state index contributed by atoms with van der Waals surface area (Å²) in [5.41, 5.74) is -1.10. The Labute approximate surface area is 165 Å². The number of hydrogen-bond donors (Lipinski definition) is 1. The summed E-state index contributed by atoms with van der Waals surface area (Å²) in [5, 5.41) is 11.2. The molecular weight excluding hydrogens is 387 g/mol. The van der Waals surface area contributed by atoms with Crippen molar-refractivity contribution in [1.82, 2.24) is 4.90 Å². The Kier molecular flexibility index (Phi) is 7.20. The second kappa shape index (κ2) is 9.59. The maximum Gasteiger partial charge on any atom is 0.418 e. The van der Waals surface area contributed by atoms with Crippen LogP contribution in [0.1, 0.15) is 18.1 Å². The molecular formula is C20H18F3N3O3. The van der Waals surface area contributed by atoms with Gasteiger partial charge in [-0.25, -0.2) is 0 Å². The number of nitrogens with one attached hydrogen (secondary N) is 1. The first-order valence-corrected chi connectivity index (χ1v) is 8.62. The molecule has 0 spiro atoms. The number of likely N-dealkylation sites (N-methyl/N-ethyl adjacent to an activating group) is 1. The second-order valence-electron chi connectivity index (χ2n) is 5.90. The van der Waals surface area contributed by atoms with Gasteiger partial charge in [0.15, 0.2) is 6.61 Å². The summed E-state index contributed by atoms with van der Waals surface area (Å²) in [6.07, 6.45) is -4.62. The third-order valence-electron chi connectivity index (χ3n) is 3.93. The van der Waals surface area contributed by atoms with Gasteiger partial charge in [-0.05, 0) is 31.2 Å². The minimum Gasteiger partial charge on any atom is -0.482 e. The summed E-state index contributed by atoms with van der Waals surface area (Å²) in [5.74, 6) is -1.09. The molecule has 2 amide bonds. The molecule has 2 aromatic carbocycles. The van der Waals surface area contributed by atoms with Crippen molar-refractivity contribution in [3.05, 3.63) is 59.7 Å². The molecule has 0 unspecified atom stereocenters. The zero-order valence-corrected chi connectivity index (χ0v) is 15.5. The highest BCUT2D eigenvalue weighted by atomic mass is 19.4. The van der Waals surface area contributed by atoms with Crippen molar-refractivity contribution in [2.24, 2.45) is 0 Å². The molecule has 0 saturated heterocycles. The summed E-state index contributed by atoms with van der Waals surface area (Å²) in [6.45, 7) is 0.915. The van der Waals surface area contributed by atoms with Crippen molar-refractivity contribution < 1.29 is 27.5 Å². The van der Waals surface area contributed by atoms with E-state index in [1.165, 1.54) is 24.3 Å². The lowest BCUT2D eigenvalue weighted by atomic mass is 10.1. The first-order valence-electron chi connectivity index (χ1n) is 8.62. The number of nitrogens with zero attached hydrogens (tertiary/aromatic N) is 2. The molecule has 0 aliphatic heterocycles. The van der Waals surface area contributed by atoms with E-state index in [0.29, 0.717) is 0 Å². The maximum absolute atomic E-state index is 13.0. The molecule has 0 bridgehead atoms. The van der Waals surface area contributed by atoms with Gasteiger partial charge < -0.3 is 15.0 Å². The number of amides is 2. The van der Waals surface area contributed by atoms with Gasteiger partial charge in [0.2, 0.25) is 5.91 Å². The summed E-state index contributed by atoms with van der Waals surface area (Å²) in [6, 6.07) is 12.9. The molecule has 29 heavy (non-hydrogen) atoms. The summed E-state index contributed by atoms with van der Waals surface area (Å²) >= 11 is 0. The molecule has 2 rings (SSSR count). The van der Waals surface area contributed by atoms with E-state index in [9.17, 15) is 22.8 Å². The number of halogens is 3. The van der Waals surface area contributed by atoms with Crippen LogP contribution in [0, 0.1) is 11.3 Å². The predicted molar refractivity (Wildman–Crippen MR) is 99.0 cm³/mol. The molecule has 1 N–H and O–H groups in total. The topological polar surface area (TPSA) is 82.4 Å². The Hall–Kier alpha value is -3.54. The van der Waals surface area contributed by atoms with Crippen LogP contribution < -0.4 is 10.1 Å². The Morgan fingerprint density at radius 2 is 1.79 bits per heavy atom. The standard InChI is InChI=1S/C20H18F3N3O3/c1-2-26(19(28)13-29-17-10-6-3-7-14(17)11-24)12-18(27)25-16-9-5-4-8-15(16)20(21,22)23/h3-10H,2,12-13H2,1H3,(H,25,27). The lowest BCUT2D eigenvalue weighted by Gasteiger charge is -2.21.